The van der Waals surface area contributed by atoms with E-state index in [1.54, 1.807) is 11.3 Å². The van der Waals surface area contributed by atoms with E-state index in [4.69, 9.17) is 0 Å². The van der Waals surface area contributed by atoms with Gasteiger partial charge >= 0.3 is 0 Å². The molecule has 0 bridgehead atoms. The van der Waals surface area contributed by atoms with Gasteiger partial charge in [0.2, 0.25) is 0 Å². The molecule has 6 heteroatoms. The number of aryl methyl sites for hydroxylation is 2. The molecular formula is C14H17N3OS2. The van der Waals surface area contributed by atoms with E-state index in [2.05, 4.69) is 9.97 Å². The molecule has 3 heterocycles. The van der Waals surface area contributed by atoms with Crippen LogP contribution in [0.4, 0.5) is 0 Å². The van der Waals surface area contributed by atoms with Crippen LogP contribution >= 0.6 is 22.7 Å². The largest absolute Gasteiger partial charge is 0.337 e. The van der Waals surface area contributed by atoms with Gasteiger partial charge < -0.3 is 4.90 Å². The second-order valence-corrected chi connectivity index (χ2v) is 7.24. The van der Waals surface area contributed by atoms with E-state index in [-0.39, 0.29) is 5.91 Å². The smallest absolute Gasteiger partial charge is 0.265 e. The Hall–Kier alpha value is -1.27. The number of likely N-dealkylation sites (tertiary alicyclic amines) is 1. The van der Waals surface area contributed by atoms with E-state index in [0.717, 1.165) is 46.5 Å². The first-order chi connectivity index (χ1) is 9.65. The third-order valence-electron chi connectivity index (χ3n) is 3.61. The lowest BCUT2D eigenvalue weighted by molar-refractivity contribution is 0.0711. The van der Waals surface area contributed by atoms with E-state index in [1.165, 1.54) is 11.3 Å². The number of hydrogen-bond acceptors (Lipinski definition) is 5. The minimum absolute atomic E-state index is 0.134. The molecule has 106 valence electrons. The van der Waals surface area contributed by atoms with Crippen molar-refractivity contribution in [2.24, 2.45) is 0 Å². The Morgan fingerprint density at radius 3 is 2.95 bits per heavy atom. The maximum absolute atomic E-state index is 12.6. The zero-order valence-corrected chi connectivity index (χ0v) is 13.3. The van der Waals surface area contributed by atoms with Crippen molar-refractivity contribution in [2.45, 2.75) is 32.6 Å². The number of thiazole rings is 2. The van der Waals surface area contributed by atoms with Crippen LogP contribution in [0.2, 0.25) is 0 Å². The van der Waals surface area contributed by atoms with E-state index in [9.17, 15) is 4.79 Å². The van der Waals surface area contributed by atoms with Crippen molar-refractivity contribution in [3.05, 3.63) is 32.2 Å². The summed E-state index contributed by atoms with van der Waals surface area (Å²) in [5.74, 6) is 0.524. The molecule has 1 aliphatic heterocycles. The number of nitrogens with zero attached hydrogens (tertiary/aromatic N) is 3. The Morgan fingerprint density at radius 2 is 2.30 bits per heavy atom. The third-order valence-corrected chi connectivity index (χ3v) is 5.61. The molecule has 0 N–H and O–H groups in total. The summed E-state index contributed by atoms with van der Waals surface area (Å²) in [5.41, 5.74) is 0.855. The number of carbonyl (C=O) groups excluding carboxylic acids is 1. The number of amides is 1. The van der Waals surface area contributed by atoms with Crippen molar-refractivity contribution < 1.29 is 4.79 Å². The van der Waals surface area contributed by atoms with Gasteiger partial charge in [0.15, 0.2) is 0 Å². The molecule has 1 fully saturated rings. The first-order valence-electron chi connectivity index (χ1n) is 6.78. The second-order valence-electron chi connectivity index (χ2n) is 5.11. The number of rotatable bonds is 2. The number of hydrogen-bond donors (Lipinski definition) is 0. The second kappa shape index (κ2) is 5.61. The fourth-order valence-electron chi connectivity index (χ4n) is 2.67. The minimum Gasteiger partial charge on any atom is -0.337 e. The van der Waals surface area contributed by atoms with Crippen LogP contribution in [0.15, 0.2) is 11.6 Å². The van der Waals surface area contributed by atoms with Crippen LogP contribution in [0.25, 0.3) is 0 Å². The lowest BCUT2D eigenvalue weighted by Crippen LogP contribution is -2.39. The molecular weight excluding hydrogens is 290 g/mol. The first kappa shape index (κ1) is 13.7. The van der Waals surface area contributed by atoms with Gasteiger partial charge in [-0.05, 0) is 26.7 Å². The van der Waals surface area contributed by atoms with Gasteiger partial charge in [0.05, 0.1) is 15.7 Å². The zero-order chi connectivity index (χ0) is 14.1. The Labute approximate surface area is 126 Å². The molecule has 0 radical (unpaired) electrons. The predicted molar refractivity (Wildman–Crippen MR) is 81.6 cm³/mol. The van der Waals surface area contributed by atoms with Crippen molar-refractivity contribution in [1.82, 2.24) is 14.9 Å². The maximum atomic E-state index is 12.6. The summed E-state index contributed by atoms with van der Waals surface area (Å²) in [6, 6.07) is 0. The SMILES string of the molecule is Cc1nc(C)c(C(=O)N2CCCC(c3nccs3)C2)s1. The van der Waals surface area contributed by atoms with Crippen LogP contribution in [-0.4, -0.2) is 33.9 Å². The predicted octanol–water partition coefficient (Wildman–Crippen LogP) is 3.24. The molecule has 0 spiro atoms. The molecule has 2 aromatic rings. The normalized spacial score (nSPS) is 19.3. The molecule has 4 nitrogen and oxygen atoms in total. The highest BCUT2D eigenvalue weighted by Gasteiger charge is 2.28. The number of aromatic nitrogens is 2. The van der Waals surface area contributed by atoms with E-state index < -0.39 is 0 Å². The Morgan fingerprint density at radius 1 is 1.45 bits per heavy atom. The van der Waals surface area contributed by atoms with Gasteiger partial charge in [-0.2, -0.15) is 0 Å². The lowest BCUT2D eigenvalue weighted by Gasteiger charge is -2.31. The summed E-state index contributed by atoms with van der Waals surface area (Å²) in [5, 5.41) is 4.12. The number of piperidine rings is 1. The summed E-state index contributed by atoms with van der Waals surface area (Å²) < 4.78 is 0. The van der Waals surface area contributed by atoms with Gasteiger partial charge in [-0.25, -0.2) is 9.97 Å². The molecule has 1 amide bonds. The zero-order valence-electron chi connectivity index (χ0n) is 11.6. The molecule has 0 aliphatic carbocycles. The van der Waals surface area contributed by atoms with Gasteiger partial charge in [0.1, 0.15) is 4.88 Å². The van der Waals surface area contributed by atoms with E-state index in [1.807, 2.05) is 30.3 Å². The van der Waals surface area contributed by atoms with Crippen LogP contribution in [0.5, 0.6) is 0 Å². The molecule has 1 atom stereocenters. The molecule has 0 aromatic carbocycles. The molecule has 2 aromatic heterocycles. The molecule has 1 unspecified atom stereocenters. The fourth-order valence-corrected chi connectivity index (χ4v) is 4.33. The van der Waals surface area contributed by atoms with Crippen LogP contribution in [-0.2, 0) is 0 Å². The van der Waals surface area contributed by atoms with Crippen LogP contribution in [0, 0.1) is 13.8 Å². The van der Waals surface area contributed by atoms with E-state index in [0.29, 0.717) is 5.92 Å². The molecule has 0 saturated carbocycles. The summed E-state index contributed by atoms with van der Waals surface area (Å²) in [7, 11) is 0. The summed E-state index contributed by atoms with van der Waals surface area (Å²) >= 11 is 3.19. The van der Waals surface area contributed by atoms with E-state index >= 15 is 0 Å². The maximum Gasteiger partial charge on any atom is 0.265 e. The van der Waals surface area contributed by atoms with Gasteiger partial charge in [-0.3, -0.25) is 4.79 Å². The molecule has 1 saturated heterocycles. The summed E-state index contributed by atoms with van der Waals surface area (Å²) in [6.45, 7) is 5.49. The average molecular weight is 307 g/mol. The van der Waals surface area contributed by atoms with Crippen LogP contribution in [0.1, 0.15) is 44.1 Å². The van der Waals surface area contributed by atoms with Crippen molar-refractivity contribution >= 4 is 28.6 Å². The first-order valence-corrected chi connectivity index (χ1v) is 8.47. The Balaban J connectivity index is 1.77. The fraction of sp³-hybridized carbons (Fsp3) is 0.500. The van der Waals surface area contributed by atoms with Crippen molar-refractivity contribution in [3.8, 4) is 0 Å². The van der Waals surface area contributed by atoms with Gasteiger partial charge in [-0.15, -0.1) is 22.7 Å². The van der Waals surface area contributed by atoms with Gasteiger partial charge in [0.25, 0.3) is 5.91 Å². The molecule has 3 rings (SSSR count). The standard InChI is InChI=1S/C14H17N3OS2/c1-9-12(20-10(2)16-9)14(18)17-6-3-4-11(8-17)13-15-5-7-19-13/h5,7,11H,3-4,6,8H2,1-2H3. The monoisotopic (exact) mass is 307 g/mol. The minimum atomic E-state index is 0.134. The van der Waals surface area contributed by atoms with Crippen molar-refractivity contribution in [1.29, 1.82) is 0 Å². The highest BCUT2D eigenvalue weighted by molar-refractivity contribution is 7.13. The van der Waals surface area contributed by atoms with Gasteiger partial charge in [0, 0.05) is 30.6 Å². The summed E-state index contributed by atoms with van der Waals surface area (Å²) in [6.07, 6.45) is 4.02. The third kappa shape index (κ3) is 2.62. The van der Waals surface area contributed by atoms with Crippen molar-refractivity contribution in [2.75, 3.05) is 13.1 Å². The number of carbonyl (C=O) groups is 1. The summed E-state index contributed by atoms with van der Waals surface area (Å²) in [4.78, 5) is 24.1. The molecule has 20 heavy (non-hydrogen) atoms. The topological polar surface area (TPSA) is 46.1 Å². The average Bonchev–Trinajstić information content (AvgIpc) is 3.08. The van der Waals surface area contributed by atoms with Crippen LogP contribution in [0.3, 0.4) is 0 Å². The molecule has 1 aliphatic rings. The Bertz CT molecular complexity index is 606. The van der Waals surface area contributed by atoms with Crippen LogP contribution < -0.4 is 0 Å². The Kier molecular flexibility index (Phi) is 3.85. The highest BCUT2D eigenvalue weighted by atomic mass is 32.1. The lowest BCUT2D eigenvalue weighted by atomic mass is 9.98. The quantitative estimate of drug-likeness (QED) is 0.855. The van der Waals surface area contributed by atoms with Crippen molar-refractivity contribution in [3.63, 3.8) is 0 Å². The highest BCUT2D eigenvalue weighted by Crippen LogP contribution is 2.30. The van der Waals surface area contributed by atoms with Gasteiger partial charge in [-0.1, -0.05) is 0 Å².